The topological polar surface area (TPSA) is 52.6 Å². The molecule has 27 heavy (non-hydrogen) atoms. The lowest BCUT2D eigenvalue weighted by atomic mass is 10.0. The zero-order chi connectivity index (χ0) is 19.1. The fourth-order valence-corrected chi connectivity index (χ4v) is 3.99. The van der Waals surface area contributed by atoms with Crippen LogP contribution in [0, 0.1) is 5.82 Å². The number of aryl methyl sites for hydroxylation is 1. The standard InChI is InChI=1S/C20H28FN5S/c1-3-18-13-23-19(27-18)14-24-20(22-4-2)25-16-8-10-26(11-9-16)17-7-5-6-15(21)12-17/h5-7,12-13,16H,3-4,8-11,14H2,1-2H3,(H2,22,24,25). The summed E-state index contributed by atoms with van der Waals surface area (Å²) in [6.07, 6.45) is 4.96. The highest BCUT2D eigenvalue weighted by atomic mass is 32.1. The van der Waals surface area contributed by atoms with E-state index in [9.17, 15) is 4.39 Å². The first-order valence-corrected chi connectivity index (χ1v) is 10.5. The highest BCUT2D eigenvalue weighted by molar-refractivity contribution is 7.11. The molecule has 0 atom stereocenters. The zero-order valence-corrected chi connectivity index (χ0v) is 16.9. The van der Waals surface area contributed by atoms with Crippen LogP contribution in [0.2, 0.25) is 0 Å². The van der Waals surface area contributed by atoms with Crippen LogP contribution >= 0.6 is 11.3 Å². The normalized spacial score (nSPS) is 15.8. The molecule has 1 aromatic carbocycles. The van der Waals surface area contributed by atoms with Gasteiger partial charge in [0, 0.05) is 42.4 Å². The van der Waals surface area contributed by atoms with Crippen LogP contribution in [0.15, 0.2) is 35.5 Å². The van der Waals surface area contributed by atoms with Gasteiger partial charge in [0.05, 0.1) is 6.54 Å². The number of nitrogens with one attached hydrogen (secondary N) is 2. The van der Waals surface area contributed by atoms with E-state index in [1.165, 1.54) is 10.9 Å². The van der Waals surface area contributed by atoms with Gasteiger partial charge in [-0.1, -0.05) is 13.0 Å². The van der Waals surface area contributed by atoms with E-state index in [-0.39, 0.29) is 5.82 Å². The Balaban J connectivity index is 1.53. The highest BCUT2D eigenvalue weighted by Gasteiger charge is 2.20. The molecule has 0 aliphatic carbocycles. The van der Waals surface area contributed by atoms with E-state index < -0.39 is 0 Å². The zero-order valence-electron chi connectivity index (χ0n) is 16.0. The maximum Gasteiger partial charge on any atom is 0.191 e. The summed E-state index contributed by atoms with van der Waals surface area (Å²) in [4.78, 5) is 12.7. The number of anilines is 1. The molecule has 2 aromatic rings. The second-order valence-electron chi connectivity index (χ2n) is 6.65. The van der Waals surface area contributed by atoms with Crippen LogP contribution in [0.3, 0.4) is 0 Å². The minimum Gasteiger partial charge on any atom is -0.371 e. The molecule has 0 amide bonds. The molecule has 1 saturated heterocycles. The van der Waals surface area contributed by atoms with Crippen molar-refractivity contribution in [3.63, 3.8) is 0 Å². The van der Waals surface area contributed by atoms with Gasteiger partial charge in [-0.25, -0.2) is 14.4 Å². The number of nitrogens with zero attached hydrogens (tertiary/aromatic N) is 3. The van der Waals surface area contributed by atoms with E-state index in [0.29, 0.717) is 12.6 Å². The molecule has 146 valence electrons. The molecule has 1 aliphatic heterocycles. The largest absolute Gasteiger partial charge is 0.371 e. The van der Waals surface area contributed by atoms with Gasteiger partial charge in [0.25, 0.3) is 0 Å². The van der Waals surface area contributed by atoms with E-state index in [0.717, 1.165) is 55.6 Å². The molecule has 1 aromatic heterocycles. The highest BCUT2D eigenvalue weighted by Crippen LogP contribution is 2.21. The van der Waals surface area contributed by atoms with Crippen molar-refractivity contribution in [1.29, 1.82) is 0 Å². The maximum absolute atomic E-state index is 13.4. The second kappa shape index (κ2) is 9.69. The summed E-state index contributed by atoms with van der Waals surface area (Å²) in [5.74, 6) is 0.665. The van der Waals surface area contributed by atoms with E-state index in [1.807, 2.05) is 12.3 Å². The van der Waals surface area contributed by atoms with Crippen LogP contribution in [0.1, 0.15) is 36.6 Å². The maximum atomic E-state index is 13.4. The number of piperidine rings is 1. The predicted octanol–water partition coefficient (Wildman–Crippen LogP) is 3.57. The van der Waals surface area contributed by atoms with Crippen molar-refractivity contribution < 1.29 is 4.39 Å². The third kappa shape index (κ3) is 5.66. The Morgan fingerprint density at radius 3 is 2.81 bits per heavy atom. The van der Waals surface area contributed by atoms with Gasteiger partial charge >= 0.3 is 0 Å². The van der Waals surface area contributed by atoms with Crippen molar-refractivity contribution in [2.45, 2.75) is 45.7 Å². The lowest BCUT2D eigenvalue weighted by Crippen LogP contribution is -2.48. The van der Waals surface area contributed by atoms with Gasteiger partial charge in [-0.15, -0.1) is 11.3 Å². The van der Waals surface area contributed by atoms with Crippen LogP contribution in [-0.2, 0) is 13.0 Å². The number of aliphatic imine (C=N–C) groups is 1. The molecule has 2 N–H and O–H groups in total. The van der Waals surface area contributed by atoms with Gasteiger partial charge in [-0.2, -0.15) is 0 Å². The first kappa shape index (κ1) is 19.6. The first-order valence-electron chi connectivity index (χ1n) is 9.67. The summed E-state index contributed by atoms with van der Waals surface area (Å²) >= 11 is 1.73. The summed E-state index contributed by atoms with van der Waals surface area (Å²) < 4.78 is 13.4. The molecule has 0 unspecified atom stereocenters. The minimum atomic E-state index is -0.178. The molecular weight excluding hydrogens is 361 g/mol. The average molecular weight is 390 g/mol. The molecule has 0 spiro atoms. The molecule has 0 saturated carbocycles. The van der Waals surface area contributed by atoms with Crippen molar-refractivity contribution in [2.75, 3.05) is 24.5 Å². The Hall–Kier alpha value is -2.15. The Kier molecular flexibility index (Phi) is 7.04. The number of hydrogen-bond acceptors (Lipinski definition) is 4. The van der Waals surface area contributed by atoms with Crippen LogP contribution in [0.5, 0.6) is 0 Å². The SMILES string of the molecule is CCNC(=NCc1ncc(CC)s1)NC1CCN(c2cccc(F)c2)CC1. The quantitative estimate of drug-likeness (QED) is 0.586. The Bertz CT molecular complexity index is 752. The predicted molar refractivity (Wildman–Crippen MR) is 111 cm³/mol. The smallest absolute Gasteiger partial charge is 0.191 e. The second-order valence-corrected chi connectivity index (χ2v) is 7.85. The Morgan fingerprint density at radius 1 is 1.33 bits per heavy atom. The summed E-state index contributed by atoms with van der Waals surface area (Å²) in [5.41, 5.74) is 0.963. The first-order chi connectivity index (χ1) is 13.2. The molecule has 5 nitrogen and oxygen atoms in total. The minimum absolute atomic E-state index is 0.178. The van der Waals surface area contributed by atoms with Crippen molar-refractivity contribution in [3.8, 4) is 0 Å². The van der Waals surface area contributed by atoms with E-state index in [4.69, 9.17) is 4.99 Å². The molecule has 0 bridgehead atoms. The third-order valence-corrected chi connectivity index (χ3v) is 5.80. The fraction of sp³-hybridized carbons (Fsp3) is 0.500. The number of aromatic nitrogens is 1. The van der Waals surface area contributed by atoms with Gasteiger partial charge in [0.1, 0.15) is 10.8 Å². The number of benzene rings is 1. The summed E-state index contributed by atoms with van der Waals surface area (Å²) in [5, 5.41) is 7.92. The van der Waals surface area contributed by atoms with Crippen molar-refractivity contribution >= 4 is 23.0 Å². The summed E-state index contributed by atoms with van der Waals surface area (Å²) in [6.45, 7) is 7.46. The van der Waals surface area contributed by atoms with Crippen molar-refractivity contribution in [1.82, 2.24) is 15.6 Å². The van der Waals surface area contributed by atoms with Crippen LogP contribution in [-0.4, -0.2) is 36.6 Å². The van der Waals surface area contributed by atoms with E-state index >= 15 is 0 Å². The van der Waals surface area contributed by atoms with Gasteiger partial charge < -0.3 is 15.5 Å². The molecular formula is C20H28FN5S. The molecule has 3 rings (SSSR count). The number of hydrogen-bond donors (Lipinski definition) is 2. The lowest BCUT2D eigenvalue weighted by Gasteiger charge is -2.34. The van der Waals surface area contributed by atoms with Gasteiger partial charge in [-0.3, -0.25) is 0 Å². The van der Waals surface area contributed by atoms with E-state index in [1.54, 1.807) is 23.5 Å². The van der Waals surface area contributed by atoms with Crippen LogP contribution in [0.4, 0.5) is 10.1 Å². The molecule has 7 heteroatoms. The molecule has 1 aliphatic rings. The van der Waals surface area contributed by atoms with Crippen molar-refractivity contribution in [3.05, 3.63) is 46.2 Å². The van der Waals surface area contributed by atoms with E-state index in [2.05, 4.69) is 34.4 Å². The third-order valence-electron chi connectivity index (χ3n) is 4.68. The van der Waals surface area contributed by atoms with Crippen LogP contribution in [0.25, 0.3) is 0 Å². The molecule has 2 heterocycles. The van der Waals surface area contributed by atoms with Gasteiger partial charge in [0.15, 0.2) is 5.96 Å². The van der Waals surface area contributed by atoms with Gasteiger partial charge in [-0.05, 0) is 44.4 Å². The van der Waals surface area contributed by atoms with Gasteiger partial charge in [0.2, 0.25) is 0 Å². The molecule has 1 fully saturated rings. The summed E-state index contributed by atoms with van der Waals surface area (Å²) in [6, 6.07) is 7.21. The molecule has 0 radical (unpaired) electrons. The Labute approximate surface area is 164 Å². The number of halogens is 1. The average Bonchev–Trinajstić information content (AvgIpc) is 3.15. The number of guanidine groups is 1. The Morgan fingerprint density at radius 2 is 2.15 bits per heavy atom. The monoisotopic (exact) mass is 389 g/mol. The number of thiazole rings is 1. The fourth-order valence-electron chi connectivity index (χ4n) is 3.20. The summed E-state index contributed by atoms with van der Waals surface area (Å²) in [7, 11) is 0. The number of rotatable bonds is 6. The van der Waals surface area contributed by atoms with Crippen molar-refractivity contribution in [2.24, 2.45) is 4.99 Å². The lowest BCUT2D eigenvalue weighted by molar-refractivity contribution is 0.461. The van der Waals surface area contributed by atoms with Crippen LogP contribution < -0.4 is 15.5 Å².